The van der Waals surface area contributed by atoms with Gasteiger partial charge in [-0.25, -0.2) is 5.84 Å². The molecule has 5 nitrogen and oxygen atoms in total. The van der Waals surface area contributed by atoms with Crippen LogP contribution >= 0.6 is 11.8 Å². The fourth-order valence-corrected chi connectivity index (χ4v) is 2.44. The van der Waals surface area contributed by atoms with Crippen molar-refractivity contribution in [1.82, 2.24) is 5.43 Å². The van der Waals surface area contributed by atoms with Crippen LogP contribution in [0.15, 0.2) is 23.1 Å². The van der Waals surface area contributed by atoms with Crippen LogP contribution in [0.5, 0.6) is 11.5 Å². The summed E-state index contributed by atoms with van der Waals surface area (Å²) in [6.45, 7) is 1.37. The number of carbonyl (C=O) groups is 1. The monoisotopic (exact) mass is 268 g/mol. The van der Waals surface area contributed by atoms with Gasteiger partial charge in [-0.15, -0.1) is 11.8 Å². The third-order valence-electron chi connectivity index (χ3n) is 2.48. The summed E-state index contributed by atoms with van der Waals surface area (Å²) in [7, 11) is 0. The summed E-state index contributed by atoms with van der Waals surface area (Å²) in [6, 6.07) is 5.83. The lowest BCUT2D eigenvalue weighted by atomic mass is 10.3. The van der Waals surface area contributed by atoms with E-state index in [0.29, 0.717) is 25.4 Å². The Morgan fingerprint density at radius 1 is 1.33 bits per heavy atom. The summed E-state index contributed by atoms with van der Waals surface area (Å²) in [4.78, 5) is 12.0. The average Bonchev–Trinajstić information content (AvgIpc) is 2.63. The molecule has 0 bridgehead atoms. The molecule has 1 aromatic rings. The fourth-order valence-electron chi connectivity index (χ4n) is 1.57. The summed E-state index contributed by atoms with van der Waals surface area (Å²) in [6.07, 6.45) is 1.30. The Bertz CT molecular complexity index is 426. The number of fused-ring (bicyclic) bond motifs is 1. The first-order chi connectivity index (χ1) is 8.79. The molecule has 0 radical (unpaired) electrons. The van der Waals surface area contributed by atoms with Crippen molar-refractivity contribution in [1.29, 1.82) is 0 Å². The standard InChI is InChI=1S/C12H16N2O3S/c13-14-12(15)4-7-18-9-2-3-10-11(8-9)17-6-1-5-16-10/h2-3,8H,1,4-7,13H2,(H,14,15). The van der Waals surface area contributed by atoms with E-state index in [9.17, 15) is 4.79 Å². The molecule has 0 aromatic heterocycles. The van der Waals surface area contributed by atoms with Crippen molar-refractivity contribution in [3.05, 3.63) is 18.2 Å². The van der Waals surface area contributed by atoms with Gasteiger partial charge in [-0.1, -0.05) is 0 Å². The highest BCUT2D eigenvalue weighted by Gasteiger charge is 2.10. The quantitative estimate of drug-likeness (QED) is 0.373. The smallest absolute Gasteiger partial charge is 0.234 e. The number of nitrogens with one attached hydrogen (secondary N) is 1. The molecule has 98 valence electrons. The zero-order valence-corrected chi connectivity index (χ0v) is 10.8. The number of carbonyl (C=O) groups excluding carboxylic acids is 1. The number of amides is 1. The molecule has 0 saturated carbocycles. The SMILES string of the molecule is NNC(=O)CCSc1ccc2c(c1)OCCCO2. The number of ether oxygens (including phenoxy) is 2. The third-order valence-corrected chi connectivity index (χ3v) is 3.47. The van der Waals surface area contributed by atoms with Crippen molar-refractivity contribution < 1.29 is 14.3 Å². The van der Waals surface area contributed by atoms with E-state index in [1.54, 1.807) is 11.8 Å². The van der Waals surface area contributed by atoms with Gasteiger partial charge in [0, 0.05) is 23.5 Å². The Kier molecular flexibility index (Phi) is 4.72. The van der Waals surface area contributed by atoms with Crippen LogP contribution in [-0.4, -0.2) is 24.9 Å². The van der Waals surface area contributed by atoms with Crippen molar-refractivity contribution in [3.8, 4) is 11.5 Å². The molecule has 2 rings (SSSR count). The summed E-state index contributed by atoms with van der Waals surface area (Å²) in [5.74, 6) is 7.11. The lowest BCUT2D eigenvalue weighted by Gasteiger charge is -2.08. The van der Waals surface area contributed by atoms with E-state index in [1.807, 2.05) is 18.2 Å². The zero-order valence-electron chi connectivity index (χ0n) is 9.98. The second-order valence-electron chi connectivity index (χ2n) is 3.82. The van der Waals surface area contributed by atoms with E-state index >= 15 is 0 Å². The molecule has 1 aromatic carbocycles. The van der Waals surface area contributed by atoms with Crippen LogP contribution in [-0.2, 0) is 4.79 Å². The maximum absolute atomic E-state index is 11.0. The Morgan fingerprint density at radius 3 is 2.89 bits per heavy atom. The van der Waals surface area contributed by atoms with Crippen molar-refractivity contribution in [3.63, 3.8) is 0 Å². The van der Waals surface area contributed by atoms with E-state index in [4.69, 9.17) is 15.3 Å². The number of nitrogens with two attached hydrogens (primary N) is 1. The van der Waals surface area contributed by atoms with Crippen LogP contribution in [0.25, 0.3) is 0 Å². The topological polar surface area (TPSA) is 73.6 Å². The van der Waals surface area contributed by atoms with E-state index in [2.05, 4.69) is 5.43 Å². The minimum Gasteiger partial charge on any atom is -0.490 e. The van der Waals surface area contributed by atoms with Gasteiger partial charge >= 0.3 is 0 Å². The van der Waals surface area contributed by atoms with E-state index < -0.39 is 0 Å². The van der Waals surface area contributed by atoms with Crippen LogP contribution in [0.4, 0.5) is 0 Å². The second kappa shape index (κ2) is 6.51. The summed E-state index contributed by atoms with van der Waals surface area (Å²) < 4.78 is 11.1. The minimum atomic E-state index is -0.156. The lowest BCUT2D eigenvalue weighted by molar-refractivity contribution is -0.120. The number of hydrazine groups is 1. The highest BCUT2D eigenvalue weighted by atomic mass is 32.2. The first-order valence-corrected chi connectivity index (χ1v) is 6.80. The van der Waals surface area contributed by atoms with Gasteiger partial charge in [-0.3, -0.25) is 10.2 Å². The maximum Gasteiger partial charge on any atom is 0.234 e. The van der Waals surface area contributed by atoms with Gasteiger partial charge in [0.15, 0.2) is 11.5 Å². The Morgan fingerprint density at radius 2 is 2.11 bits per heavy atom. The van der Waals surface area contributed by atoms with E-state index in [-0.39, 0.29) is 5.91 Å². The number of rotatable bonds is 4. The Labute approximate surface area is 110 Å². The molecular formula is C12H16N2O3S. The molecule has 1 amide bonds. The van der Waals surface area contributed by atoms with Gasteiger partial charge in [-0.2, -0.15) is 0 Å². The van der Waals surface area contributed by atoms with Gasteiger partial charge in [0.05, 0.1) is 13.2 Å². The molecular weight excluding hydrogens is 252 g/mol. The molecule has 0 spiro atoms. The van der Waals surface area contributed by atoms with E-state index in [0.717, 1.165) is 22.8 Å². The number of thioether (sulfide) groups is 1. The van der Waals surface area contributed by atoms with Crippen LogP contribution < -0.4 is 20.7 Å². The summed E-state index contributed by atoms with van der Waals surface area (Å²) >= 11 is 1.59. The molecule has 0 saturated heterocycles. The molecule has 3 N–H and O–H groups in total. The Hall–Kier alpha value is -1.40. The van der Waals surface area contributed by atoms with Crippen molar-refractivity contribution >= 4 is 17.7 Å². The zero-order chi connectivity index (χ0) is 12.8. The van der Waals surface area contributed by atoms with Gasteiger partial charge in [-0.05, 0) is 18.2 Å². The van der Waals surface area contributed by atoms with Crippen LogP contribution in [0.1, 0.15) is 12.8 Å². The molecule has 1 heterocycles. The summed E-state index contributed by atoms with van der Waals surface area (Å²) in [5, 5.41) is 0. The van der Waals surface area contributed by atoms with Crippen molar-refractivity contribution in [2.24, 2.45) is 5.84 Å². The molecule has 1 aliphatic rings. The van der Waals surface area contributed by atoms with Crippen LogP contribution in [0.3, 0.4) is 0 Å². The molecule has 6 heteroatoms. The highest BCUT2D eigenvalue weighted by Crippen LogP contribution is 2.33. The molecule has 0 atom stereocenters. The first-order valence-electron chi connectivity index (χ1n) is 5.81. The van der Waals surface area contributed by atoms with Crippen molar-refractivity contribution in [2.45, 2.75) is 17.7 Å². The summed E-state index contributed by atoms with van der Waals surface area (Å²) in [5.41, 5.74) is 2.11. The van der Waals surface area contributed by atoms with Gasteiger partial charge in [0.2, 0.25) is 5.91 Å². The molecule has 18 heavy (non-hydrogen) atoms. The van der Waals surface area contributed by atoms with Crippen LogP contribution in [0, 0.1) is 0 Å². The first kappa shape index (κ1) is 13.0. The number of hydrogen-bond donors (Lipinski definition) is 2. The number of benzene rings is 1. The fraction of sp³-hybridized carbons (Fsp3) is 0.417. The molecule has 1 aliphatic heterocycles. The average molecular weight is 268 g/mol. The molecule has 0 fully saturated rings. The maximum atomic E-state index is 11.0. The van der Waals surface area contributed by atoms with Gasteiger partial charge < -0.3 is 9.47 Å². The predicted molar refractivity (Wildman–Crippen MR) is 69.7 cm³/mol. The lowest BCUT2D eigenvalue weighted by Crippen LogP contribution is -2.30. The van der Waals surface area contributed by atoms with Crippen molar-refractivity contribution in [2.75, 3.05) is 19.0 Å². The third kappa shape index (κ3) is 3.54. The highest BCUT2D eigenvalue weighted by molar-refractivity contribution is 7.99. The molecule has 0 unspecified atom stereocenters. The van der Waals surface area contributed by atoms with Crippen LogP contribution in [0.2, 0.25) is 0 Å². The minimum absolute atomic E-state index is 0.156. The number of hydrogen-bond acceptors (Lipinski definition) is 5. The Balaban J connectivity index is 1.93. The van der Waals surface area contributed by atoms with E-state index in [1.165, 1.54) is 0 Å². The van der Waals surface area contributed by atoms with Gasteiger partial charge in [0.25, 0.3) is 0 Å². The molecule has 0 aliphatic carbocycles. The normalized spacial score (nSPS) is 13.8. The second-order valence-corrected chi connectivity index (χ2v) is 4.99. The van der Waals surface area contributed by atoms with Gasteiger partial charge in [0.1, 0.15) is 0 Å². The largest absolute Gasteiger partial charge is 0.490 e. The predicted octanol–water partition coefficient (Wildman–Crippen LogP) is 1.32.